The normalized spacial score (nSPS) is 11.8. The second-order valence-electron chi connectivity index (χ2n) is 5.80. The zero-order chi connectivity index (χ0) is 17.8. The van der Waals surface area contributed by atoms with Gasteiger partial charge in [-0.1, -0.05) is 66.2 Å². The first-order valence-corrected chi connectivity index (χ1v) is 7.95. The third-order valence-electron chi connectivity index (χ3n) is 4.06. The zero-order valence-electron chi connectivity index (χ0n) is 14.1. The van der Waals surface area contributed by atoms with E-state index in [-0.39, 0.29) is 11.1 Å². The Kier molecular flexibility index (Phi) is 4.94. The topological polar surface area (TPSA) is 9.23 Å². The minimum Gasteiger partial charge on any atom is -0.497 e. The molecule has 3 heteroatoms. The fourth-order valence-electron chi connectivity index (χ4n) is 2.55. The van der Waals surface area contributed by atoms with Crippen LogP contribution >= 0.6 is 0 Å². The van der Waals surface area contributed by atoms with Gasteiger partial charge in [0.05, 0.1) is 7.11 Å². The molecule has 0 bridgehead atoms. The molecule has 3 aromatic carbocycles. The summed E-state index contributed by atoms with van der Waals surface area (Å²) in [7, 11) is 1.61. The molecule has 0 aliphatic carbocycles. The number of hydrogen-bond acceptors (Lipinski definition) is 1. The van der Waals surface area contributed by atoms with E-state index in [0.717, 1.165) is 22.4 Å². The molecule has 1 nitrogen and oxygen atoms in total. The minimum atomic E-state index is -0.856. The smallest absolute Gasteiger partial charge is 0.166 e. The van der Waals surface area contributed by atoms with E-state index >= 15 is 0 Å². The molecule has 0 fully saturated rings. The predicted molar refractivity (Wildman–Crippen MR) is 98.6 cm³/mol. The Bertz CT molecular complexity index is 877. The van der Waals surface area contributed by atoms with E-state index in [9.17, 15) is 8.78 Å². The maximum atomic E-state index is 14.4. The van der Waals surface area contributed by atoms with Gasteiger partial charge < -0.3 is 4.74 Å². The van der Waals surface area contributed by atoms with E-state index < -0.39 is 11.7 Å². The van der Waals surface area contributed by atoms with Crippen molar-refractivity contribution < 1.29 is 13.5 Å². The highest BCUT2D eigenvalue weighted by Gasteiger charge is 2.11. The van der Waals surface area contributed by atoms with E-state index in [1.165, 1.54) is 0 Å². The minimum absolute atomic E-state index is 0.218. The second-order valence-corrected chi connectivity index (χ2v) is 5.80. The summed E-state index contributed by atoms with van der Waals surface area (Å²) in [5, 5.41) is 0. The Balaban J connectivity index is 1.87. The van der Waals surface area contributed by atoms with Crippen LogP contribution in [0.5, 0.6) is 5.75 Å². The Morgan fingerprint density at radius 3 is 1.48 bits per heavy atom. The molecule has 0 amide bonds. The van der Waals surface area contributed by atoms with Crippen LogP contribution in [0.15, 0.2) is 72.8 Å². The molecule has 126 valence electrons. The van der Waals surface area contributed by atoms with Crippen LogP contribution in [0, 0.1) is 6.92 Å². The lowest BCUT2D eigenvalue weighted by Gasteiger charge is -2.06. The van der Waals surface area contributed by atoms with Crippen LogP contribution in [0.4, 0.5) is 8.78 Å². The highest BCUT2D eigenvalue weighted by atomic mass is 19.2. The van der Waals surface area contributed by atoms with Gasteiger partial charge in [-0.3, -0.25) is 0 Å². The molecular formula is C22H18F2O. The molecule has 0 saturated heterocycles. The van der Waals surface area contributed by atoms with Crippen molar-refractivity contribution in [2.45, 2.75) is 6.92 Å². The van der Waals surface area contributed by atoms with Crippen LogP contribution in [0.25, 0.3) is 22.8 Å². The number of methoxy groups -OCH3 is 1. The van der Waals surface area contributed by atoms with Crippen molar-refractivity contribution in [2.24, 2.45) is 0 Å². The fourth-order valence-corrected chi connectivity index (χ4v) is 2.55. The van der Waals surface area contributed by atoms with Gasteiger partial charge in [-0.25, -0.2) is 8.78 Å². The number of halogens is 2. The van der Waals surface area contributed by atoms with Crippen LogP contribution in [0.1, 0.15) is 16.7 Å². The van der Waals surface area contributed by atoms with Gasteiger partial charge in [0.25, 0.3) is 0 Å². The molecule has 0 N–H and O–H groups in total. The standard InChI is InChI=1S/C22H18F2O/c1-15-3-5-18(6-4-15)21(23)22(24)19-9-7-16(8-10-19)17-11-13-20(25-2)14-12-17/h3-14H,1-2H3/b22-21+. The van der Waals surface area contributed by atoms with Crippen LogP contribution in [0.3, 0.4) is 0 Å². The summed E-state index contributed by atoms with van der Waals surface area (Å²) in [6.45, 7) is 1.90. The summed E-state index contributed by atoms with van der Waals surface area (Å²) in [5.41, 5.74) is 3.36. The van der Waals surface area contributed by atoms with Crippen molar-refractivity contribution in [2.75, 3.05) is 7.11 Å². The first-order valence-electron chi connectivity index (χ1n) is 7.95. The van der Waals surface area contributed by atoms with E-state index in [0.29, 0.717) is 0 Å². The van der Waals surface area contributed by atoms with Gasteiger partial charge in [0.2, 0.25) is 0 Å². The average Bonchev–Trinajstić information content (AvgIpc) is 2.67. The van der Waals surface area contributed by atoms with Gasteiger partial charge in [-0.2, -0.15) is 0 Å². The Labute approximate surface area is 146 Å². The molecule has 0 aliphatic rings. The first kappa shape index (κ1) is 16.9. The Hall–Kier alpha value is -2.94. The van der Waals surface area contributed by atoms with Crippen molar-refractivity contribution in [3.63, 3.8) is 0 Å². The number of hydrogen-bond donors (Lipinski definition) is 0. The fraction of sp³-hybridized carbons (Fsp3) is 0.0909. The van der Waals surface area contributed by atoms with Crippen molar-refractivity contribution in [3.05, 3.63) is 89.5 Å². The van der Waals surface area contributed by atoms with Gasteiger partial charge in [-0.15, -0.1) is 0 Å². The lowest BCUT2D eigenvalue weighted by molar-refractivity contribution is 0.415. The molecular weight excluding hydrogens is 318 g/mol. The molecule has 0 heterocycles. The summed E-state index contributed by atoms with van der Waals surface area (Å²) >= 11 is 0. The van der Waals surface area contributed by atoms with Crippen LogP contribution < -0.4 is 4.74 Å². The highest BCUT2D eigenvalue weighted by Crippen LogP contribution is 2.30. The summed E-state index contributed by atoms with van der Waals surface area (Å²) in [6, 6.07) is 21.0. The zero-order valence-corrected chi connectivity index (χ0v) is 14.1. The van der Waals surface area contributed by atoms with E-state index in [1.807, 2.05) is 31.2 Å². The van der Waals surface area contributed by atoms with Crippen LogP contribution in [-0.4, -0.2) is 7.11 Å². The van der Waals surface area contributed by atoms with E-state index in [2.05, 4.69) is 0 Å². The Morgan fingerprint density at radius 2 is 1.04 bits per heavy atom. The Morgan fingerprint density at radius 1 is 0.640 bits per heavy atom. The van der Waals surface area contributed by atoms with E-state index in [1.54, 1.807) is 55.6 Å². The largest absolute Gasteiger partial charge is 0.497 e. The molecule has 0 saturated carbocycles. The van der Waals surface area contributed by atoms with Crippen LogP contribution in [-0.2, 0) is 0 Å². The lowest BCUT2D eigenvalue weighted by Crippen LogP contribution is -1.86. The second kappa shape index (κ2) is 7.31. The SMILES string of the molecule is COc1ccc(-c2ccc(/C(F)=C(\F)c3ccc(C)cc3)cc2)cc1. The molecule has 0 unspecified atom stereocenters. The molecule has 3 rings (SSSR count). The summed E-state index contributed by atoms with van der Waals surface area (Å²) in [6.07, 6.45) is 0. The molecule has 3 aromatic rings. The quantitative estimate of drug-likeness (QED) is 0.498. The van der Waals surface area contributed by atoms with Crippen molar-refractivity contribution in [1.29, 1.82) is 0 Å². The van der Waals surface area contributed by atoms with Gasteiger partial charge in [-0.05, 0) is 30.2 Å². The number of aryl methyl sites for hydroxylation is 1. The molecule has 0 aromatic heterocycles. The monoisotopic (exact) mass is 336 g/mol. The van der Waals surface area contributed by atoms with Crippen molar-refractivity contribution in [1.82, 2.24) is 0 Å². The maximum Gasteiger partial charge on any atom is 0.166 e. The summed E-state index contributed by atoms with van der Waals surface area (Å²) in [4.78, 5) is 0. The van der Waals surface area contributed by atoms with Crippen molar-refractivity contribution >= 4 is 11.7 Å². The van der Waals surface area contributed by atoms with E-state index in [4.69, 9.17) is 4.74 Å². The summed E-state index contributed by atoms with van der Waals surface area (Å²) < 4.78 is 33.9. The molecule has 25 heavy (non-hydrogen) atoms. The van der Waals surface area contributed by atoms with Crippen LogP contribution in [0.2, 0.25) is 0 Å². The number of benzene rings is 3. The number of ether oxygens (including phenoxy) is 1. The van der Waals surface area contributed by atoms with Crippen molar-refractivity contribution in [3.8, 4) is 16.9 Å². The first-order chi connectivity index (χ1) is 12.1. The third-order valence-corrected chi connectivity index (χ3v) is 4.06. The van der Waals surface area contributed by atoms with Gasteiger partial charge in [0, 0.05) is 11.1 Å². The molecule has 0 atom stereocenters. The maximum absolute atomic E-state index is 14.4. The summed E-state index contributed by atoms with van der Waals surface area (Å²) in [5.74, 6) is -0.933. The molecule has 0 aliphatic heterocycles. The van der Waals surface area contributed by atoms with Gasteiger partial charge >= 0.3 is 0 Å². The predicted octanol–water partition coefficient (Wildman–Crippen LogP) is 6.44. The van der Waals surface area contributed by atoms with Gasteiger partial charge in [0.1, 0.15) is 5.75 Å². The number of rotatable bonds is 4. The highest BCUT2D eigenvalue weighted by molar-refractivity contribution is 5.83. The molecule has 0 radical (unpaired) electrons. The average molecular weight is 336 g/mol. The molecule has 0 spiro atoms. The third kappa shape index (κ3) is 3.77. The van der Waals surface area contributed by atoms with Gasteiger partial charge in [0.15, 0.2) is 11.7 Å². The lowest BCUT2D eigenvalue weighted by atomic mass is 10.0.